The second kappa shape index (κ2) is 5.95. The van der Waals surface area contributed by atoms with E-state index in [1.807, 2.05) is 0 Å². The number of carboxylic acid groups (broad SMARTS) is 1. The van der Waals surface area contributed by atoms with Gasteiger partial charge < -0.3 is 16.2 Å². The Labute approximate surface area is 81.5 Å². The summed E-state index contributed by atoms with van der Waals surface area (Å²) in [6.07, 6.45) is 0.0604. The molecule has 0 aliphatic rings. The number of carbonyl (C=O) groups excluding carboxylic acids is 2. The van der Waals surface area contributed by atoms with E-state index in [9.17, 15) is 14.4 Å². The molecule has 0 radical (unpaired) electrons. The number of hydrogen-bond acceptors (Lipinski definition) is 3. The first-order valence-electron chi connectivity index (χ1n) is 4.27. The topological polar surface area (TPSA) is 109 Å². The monoisotopic (exact) mass is 202 g/mol. The van der Waals surface area contributed by atoms with Gasteiger partial charge in [-0.3, -0.25) is 14.4 Å². The van der Waals surface area contributed by atoms with Gasteiger partial charge in [-0.05, 0) is 6.42 Å². The molecule has 0 saturated carbocycles. The Morgan fingerprint density at radius 2 is 2.00 bits per heavy atom. The van der Waals surface area contributed by atoms with Crippen LogP contribution in [0.1, 0.15) is 26.2 Å². The van der Waals surface area contributed by atoms with E-state index in [0.717, 1.165) is 0 Å². The third-order valence-electron chi connectivity index (χ3n) is 1.65. The summed E-state index contributed by atoms with van der Waals surface area (Å²) in [5, 5.41) is 10.7. The Kier molecular flexibility index (Phi) is 5.28. The number of nitrogens with one attached hydrogen (secondary N) is 1. The Hall–Kier alpha value is -1.59. The van der Waals surface area contributed by atoms with Gasteiger partial charge in [-0.1, -0.05) is 6.92 Å². The molecule has 0 bridgehead atoms. The molecule has 0 saturated heterocycles. The number of carbonyl (C=O) groups is 3. The standard InChI is InChI=1S/C8H14N2O4/c1-2-6(11)10-5(8(9)14)3-4-7(12)13/h5H,2-4H2,1H3,(H2,9,14)(H,10,11)(H,12,13)/t5-/m0/s1. The zero-order chi connectivity index (χ0) is 11.1. The van der Waals surface area contributed by atoms with Gasteiger partial charge in [0.05, 0.1) is 0 Å². The third-order valence-corrected chi connectivity index (χ3v) is 1.65. The summed E-state index contributed by atoms with van der Waals surface area (Å²) in [6, 6.07) is -0.890. The molecule has 14 heavy (non-hydrogen) atoms. The molecule has 0 aliphatic carbocycles. The summed E-state index contributed by atoms with van der Waals surface area (Å²) in [7, 11) is 0. The lowest BCUT2D eigenvalue weighted by Crippen LogP contribution is -2.44. The Balaban J connectivity index is 4.09. The van der Waals surface area contributed by atoms with Crippen LogP contribution in [0.25, 0.3) is 0 Å². The molecule has 0 heterocycles. The number of nitrogens with two attached hydrogens (primary N) is 1. The van der Waals surface area contributed by atoms with Crippen molar-refractivity contribution in [1.82, 2.24) is 5.32 Å². The molecule has 0 spiro atoms. The molecule has 0 aromatic carbocycles. The molecule has 1 atom stereocenters. The summed E-state index contributed by atoms with van der Waals surface area (Å²) in [5.74, 6) is -2.06. The number of aliphatic carboxylic acids is 1. The van der Waals surface area contributed by atoms with E-state index in [-0.39, 0.29) is 25.2 Å². The number of amides is 2. The van der Waals surface area contributed by atoms with Crippen molar-refractivity contribution in [3.05, 3.63) is 0 Å². The van der Waals surface area contributed by atoms with Crippen LogP contribution in [-0.4, -0.2) is 28.9 Å². The van der Waals surface area contributed by atoms with Gasteiger partial charge in [0.2, 0.25) is 11.8 Å². The zero-order valence-electron chi connectivity index (χ0n) is 7.95. The maximum Gasteiger partial charge on any atom is 0.303 e. The van der Waals surface area contributed by atoms with Crippen LogP contribution < -0.4 is 11.1 Å². The number of primary amides is 1. The summed E-state index contributed by atoms with van der Waals surface area (Å²) in [4.78, 5) is 31.9. The van der Waals surface area contributed by atoms with E-state index >= 15 is 0 Å². The smallest absolute Gasteiger partial charge is 0.303 e. The average molecular weight is 202 g/mol. The van der Waals surface area contributed by atoms with Gasteiger partial charge >= 0.3 is 5.97 Å². The molecule has 0 rings (SSSR count). The van der Waals surface area contributed by atoms with Crippen molar-refractivity contribution in [2.45, 2.75) is 32.2 Å². The molecule has 80 valence electrons. The van der Waals surface area contributed by atoms with Crippen LogP contribution in [-0.2, 0) is 14.4 Å². The van der Waals surface area contributed by atoms with Gasteiger partial charge in [0.15, 0.2) is 0 Å². The van der Waals surface area contributed by atoms with Crippen molar-refractivity contribution >= 4 is 17.8 Å². The maximum absolute atomic E-state index is 10.9. The number of hydrogen-bond donors (Lipinski definition) is 3. The highest BCUT2D eigenvalue weighted by molar-refractivity contribution is 5.86. The molecular formula is C8H14N2O4. The van der Waals surface area contributed by atoms with Crippen LogP contribution >= 0.6 is 0 Å². The van der Waals surface area contributed by atoms with Crippen molar-refractivity contribution < 1.29 is 19.5 Å². The SMILES string of the molecule is CCC(=O)N[C@@H](CCC(=O)O)C(N)=O. The molecule has 6 nitrogen and oxygen atoms in total. The summed E-state index contributed by atoms with van der Waals surface area (Å²) in [5.41, 5.74) is 4.98. The molecule has 0 aliphatic heterocycles. The van der Waals surface area contributed by atoms with Gasteiger partial charge in [-0.25, -0.2) is 0 Å². The number of rotatable bonds is 6. The van der Waals surface area contributed by atoms with Crippen molar-refractivity contribution in [1.29, 1.82) is 0 Å². The van der Waals surface area contributed by atoms with E-state index in [1.54, 1.807) is 6.92 Å². The fourth-order valence-corrected chi connectivity index (χ4v) is 0.850. The largest absolute Gasteiger partial charge is 0.481 e. The minimum absolute atomic E-state index is 0.0242. The molecule has 4 N–H and O–H groups in total. The zero-order valence-corrected chi connectivity index (χ0v) is 7.95. The van der Waals surface area contributed by atoms with Crippen molar-refractivity contribution in [2.75, 3.05) is 0 Å². The van der Waals surface area contributed by atoms with Crippen molar-refractivity contribution in [2.24, 2.45) is 5.73 Å². The first-order chi connectivity index (χ1) is 6.47. The highest BCUT2D eigenvalue weighted by Gasteiger charge is 2.17. The van der Waals surface area contributed by atoms with E-state index < -0.39 is 17.9 Å². The van der Waals surface area contributed by atoms with Gasteiger partial charge in [-0.15, -0.1) is 0 Å². The van der Waals surface area contributed by atoms with Crippen LogP contribution in [0.15, 0.2) is 0 Å². The van der Waals surface area contributed by atoms with Crippen molar-refractivity contribution in [3.63, 3.8) is 0 Å². The predicted octanol–water partition coefficient (Wildman–Crippen LogP) is -0.769. The molecular weight excluding hydrogens is 188 g/mol. The highest BCUT2D eigenvalue weighted by atomic mass is 16.4. The minimum atomic E-state index is -1.03. The summed E-state index contributed by atoms with van der Waals surface area (Å²) < 4.78 is 0. The molecule has 0 aromatic rings. The first-order valence-corrected chi connectivity index (χ1v) is 4.27. The fraction of sp³-hybridized carbons (Fsp3) is 0.625. The fourth-order valence-electron chi connectivity index (χ4n) is 0.850. The highest BCUT2D eigenvalue weighted by Crippen LogP contribution is 1.97. The Bertz CT molecular complexity index is 239. The van der Waals surface area contributed by atoms with Crippen LogP contribution in [0.3, 0.4) is 0 Å². The lowest BCUT2D eigenvalue weighted by Gasteiger charge is -2.13. The molecule has 2 amide bonds. The first kappa shape index (κ1) is 12.4. The van der Waals surface area contributed by atoms with E-state index in [2.05, 4.69) is 5.32 Å². The van der Waals surface area contributed by atoms with Crippen LogP contribution in [0.5, 0.6) is 0 Å². The minimum Gasteiger partial charge on any atom is -0.481 e. The van der Waals surface area contributed by atoms with Gasteiger partial charge in [0.25, 0.3) is 0 Å². The van der Waals surface area contributed by atoms with E-state index in [1.165, 1.54) is 0 Å². The maximum atomic E-state index is 10.9. The Morgan fingerprint density at radius 1 is 1.43 bits per heavy atom. The molecule has 0 unspecified atom stereocenters. The third kappa shape index (κ3) is 5.13. The van der Waals surface area contributed by atoms with E-state index in [0.29, 0.717) is 0 Å². The van der Waals surface area contributed by atoms with Crippen LogP contribution in [0, 0.1) is 0 Å². The normalized spacial score (nSPS) is 11.8. The van der Waals surface area contributed by atoms with Crippen LogP contribution in [0.4, 0.5) is 0 Å². The summed E-state index contributed by atoms with van der Waals surface area (Å²) in [6.45, 7) is 1.63. The van der Waals surface area contributed by atoms with Gasteiger partial charge in [-0.2, -0.15) is 0 Å². The quantitative estimate of drug-likeness (QED) is 0.525. The van der Waals surface area contributed by atoms with Gasteiger partial charge in [0.1, 0.15) is 6.04 Å². The van der Waals surface area contributed by atoms with Gasteiger partial charge in [0, 0.05) is 12.8 Å². The van der Waals surface area contributed by atoms with Crippen LogP contribution in [0.2, 0.25) is 0 Å². The molecule has 0 aromatic heterocycles. The average Bonchev–Trinajstić information content (AvgIpc) is 2.10. The lowest BCUT2D eigenvalue weighted by molar-refractivity contribution is -0.137. The van der Waals surface area contributed by atoms with E-state index in [4.69, 9.17) is 10.8 Å². The molecule has 6 heteroatoms. The Morgan fingerprint density at radius 3 is 2.36 bits per heavy atom. The van der Waals surface area contributed by atoms with Crippen molar-refractivity contribution in [3.8, 4) is 0 Å². The second-order valence-electron chi connectivity index (χ2n) is 2.81. The lowest BCUT2D eigenvalue weighted by atomic mass is 10.1. The predicted molar refractivity (Wildman–Crippen MR) is 48.3 cm³/mol. The number of carboxylic acids is 1. The molecule has 0 fully saturated rings. The second-order valence-corrected chi connectivity index (χ2v) is 2.81. The summed E-state index contributed by atoms with van der Waals surface area (Å²) >= 11 is 0.